The van der Waals surface area contributed by atoms with Gasteiger partial charge in [-0.3, -0.25) is 9.59 Å². The second-order valence-corrected chi connectivity index (χ2v) is 8.98. The second kappa shape index (κ2) is 14.4. The Morgan fingerprint density at radius 3 is 2.54 bits per heavy atom. The summed E-state index contributed by atoms with van der Waals surface area (Å²) < 4.78 is 14.5. The Balaban J connectivity index is 1.41. The molecular weight excluding hydrogens is 521 g/mol. The number of amides is 2. The van der Waals surface area contributed by atoms with E-state index in [9.17, 15) is 14.0 Å². The van der Waals surface area contributed by atoms with Gasteiger partial charge in [0.05, 0.1) is 22.3 Å². The SMILES string of the molecule is C=CC(=O)N(C)c1cc(Nc2ccnc(NCCCCCCNC(=O)c3ccc(C#N)cc3)n2)cc(Cl)c1F. The number of anilines is 4. The molecule has 0 aliphatic rings. The molecule has 39 heavy (non-hydrogen) atoms. The van der Waals surface area contributed by atoms with E-state index in [0.29, 0.717) is 41.7 Å². The number of rotatable bonds is 13. The number of carbonyl (C=O) groups is 2. The number of nitriles is 1. The Kier molecular flexibility index (Phi) is 10.8. The zero-order valence-corrected chi connectivity index (χ0v) is 22.3. The highest BCUT2D eigenvalue weighted by Crippen LogP contribution is 2.31. The van der Waals surface area contributed by atoms with Crippen LogP contribution in [0.2, 0.25) is 5.02 Å². The van der Waals surface area contributed by atoms with E-state index in [0.717, 1.165) is 36.7 Å². The van der Waals surface area contributed by atoms with Gasteiger partial charge in [0.1, 0.15) is 5.82 Å². The number of likely N-dealkylation sites (N-methyl/N-ethyl adjacent to an activating group) is 1. The Hall–Kier alpha value is -4.49. The zero-order valence-electron chi connectivity index (χ0n) is 21.5. The summed E-state index contributed by atoms with van der Waals surface area (Å²) in [5.41, 5.74) is 1.52. The molecule has 2 amide bonds. The molecule has 3 aromatic rings. The maximum absolute atomic E-state index is 14.5. The summed E-state index contributed by atoms with van der Waals surface area (Å²) in [5.74, 6) is -0.427. The van der Waals surface area contributed by atoms with Gasteiger partial charge in [-0.1, -0.05) is 31.0 Å². The first-order chi connectivity index (χ1) is 18.8. The van der Waals surface area contributed by atoms with Crippen LogP contribution >= 0.6 is 11.6 Å². The molecule has 0 saturated heterocycles. The molecule has 0 aliphatic heterocycles. The maximum Gasteiger partial charge on any atom is 0.251 e. The van der Waals surface area contributed by atoms with Crippen LogP contribution in [0, 0.1) is 17.1 Å². The van der Waals surface area contributed by atoms with Crippen LogP contribution in [-0.4, -0.2) is 41.9 Å². The first-order valence-corrected chi connectivity index (χ1v) is 12.7. The van der Waals surface area contributed by atoms with Gasteiger partial charge in [0.2, 0.25) is 11.9 Å². The van der Waals surface area contributed by atoms with E-state index in [1.54, 1.807) is 36.5 Å². The van der Waals surface area contributed by atoms with Crippen molar-refractivity contribution in [3.63, 3.8) is 0 Å². The molecule has 0 saturated carbocycles. The van der Waals surface area contributed by atoms with Crippen LogP contribution in [0.15, 0.2) is 61.3 Å². The van der Waals surface area contributed by atoms with Gasteiger partial charge in [0, 0.05) is 37.6 Å². The standard InChI is InChI=1S/C28H29ClFN7O2/c1-3-25(38)37(2)23-17-21(16-22(29)26(23)30)35-24-12-15-34-28(36-24)33-14-7-5-4-6-13-32-27(39)20-10-8-19(18-31)9-11-20/h3,8-12,15-17H,1,4-7,13-14H2,2H3,(H,32,39)(H2,33,34,35,36). The van der Waals surface area contributed by atoms with E-state index in [1.807, 2.05) is 6.07 Å². The number of hydrogen-bond donors (Lipinski definition) is 3. The lowest BCUT2D eigenvalue weighted by molar-refractivity contribution is -0.113. The number of hydrogen-bond acceptors (Lipinski definition) is 7. The van der Waals surface area contributed by atoms with Crippen LogP contribution in [0.4, 0.5) is 27.5 Å². The van der Waals surface area contributed by atoms with Gasteiger partial charge >= 0.3 is 0 Å². The lowest BCUT2D eigenvalue weighted by Crippen LogP contribution is -2.25. The molecular formula is C28H29ClFN7O2. The van der Waals surface area contributed by atoms with Crippen LogP contribution < -0.4 is 20.9 Å². The summed E-state index contributed by atoms with van der Waals surface area (Å²) in [6.45, 7) is 4.67. The summed E-state index contributed by atoms with van der Waals surface area (Å²) in [6, 6.07) is 13.1. The third-order valence-electron chi connectivity index (χ3n) is 5.75. The molecule has 11 heteroatoms. The van der Waals surface area contributed by atoms with Gasteiger partial charge < -0.3 is 20.9 Å². The summed E-state index contributed by atoms with van der Waals surface area (Å²) in [6.07, 6.45) is 6.35. The van der Waals surface area contributed by atoms with Gasteiger partial charge in [-0.2, -0.15) is 10.2 Å². The first kappa shape index (κ1) is 29.1. The number of carbonyl (C=O) groups excluding carboxylic acids is 2. The fraction of sp³-hybridized carbons (Fsp3) is 0.250. The summed E-state index contributed by atoms with van der Waals surface area (Å²) in [7, 11) is 1.43. The molecule has 0 atom stereocenters. The minimum Gasteiger partial charge on any atom is -0.354 e. The number of benzene rings is 2. The molecule has 0 spiro atoms. The summed E-state index contributed by atoms with van der Waals surface area (Å²) >= 11 is 6.04. The molecule has 0 bridgehead atoms. The van der Waals surface area contributed by atoms with Gasteiger partial charge in [0.15, 0.2) is 5.82 Å². The maximum atomic E-state index is 14.5. The Morgan fingerprint density at radius 1 is 1.13 bits per heavy atom. The average Bonchev–Trinajstić information content (AvgIpc) is 2.95. The summed E-state index contributed by atoms with van der Waals surface area (Å²) in [4.78, 5) is 33.8. The average molecular weight is 550 g/mol. The van der Waals surface area contributed by atoms with E-state index in [2.05, 4.69) is 32.5 Å². The molecule has 0 unspecified atom stereocenters. The zero-order chi connectivity index (χ0) is 28.2. The van der Waals surface area contributed by atoms with Crippen molar-refractivity contribution in [1.82, 2.24) is 15.3 Å². The molecule has 1 aromatic heterocycles. The number of aromatic nitrogens is 2. The molecule has 1 heterocycles. The molecule has 0 aliphatic carbocycles. The Labute approximate surface area is 231 Å². The number of halogens is 2. The highest BCUT2D eigenvalue weighted by Gasteiger charge is 2.17. The quantitative estimate of drug-likeness (QED) is 0.192. The lowest BCUT2D eigenvalue weighted by Gasteiger charge is -2.18. The van der Waals surface area contributed by atoms with Gasteiger partial charge in [0.25, 0.3) is 5.91 Å². The van der Waals surface area contributed by atoms with E-state index in [4.69, 9.17) is 16.9 Å². The minimum absolute atomic E-state index is 0.0103. The number of nitrogens with zero attached hydrogens (tertiary/aromatic N) is 4. The van der Waals surface area contributed by atoms with Crippen molar-refractivity contribution in [3.8, 4) is 6.07 Å². The molecule has 9 nitrogen and oxygen atoms in total. The highest BCUT2D eigenvalue weighted by molar-refractivity contribution is 6.31. The fourth-order valence-corrected chi connectivity index (χ4v) is 3.83. The molecule has 202 valence electrons. The second-order valence-electron chi connectivity index (χ2n) is 8.57. The minimum atomic E-state index is -0.710. The predicted octanol–water partition coefficient (Wildman–Crippen LogP) is 5.44. The predicted molar refractivity (Wildman–Crippen MR) is 151 cm³/mol. The third kappa shape index (κ3) is 8.51. The van der Waals surface area contributed by atoms with E-state index in [-0.39, 0.29) is 16.6 Å². The van der Waals surface area contributed by atoms with E-state index < -0.39 is 11.7 Å². The molecule has 0 radical (unpaired) electrons. The lowest BCUT2D eigenvalue weighted by atomic mass is 10.1. The number of unbranched alkanes of at least 4 members (excludes halogenated alkanes) is 3. The topological polar surface area (TPSA) is 123 Å². The van der Waals surface area contributed by atoms with Gasteiger partial charge in [-0.25, -0.2) is 9.37 Å². The Morgan fingerprint density at radius 2 is 1.85 bits per heavy atom. The highest BCUT2D eigenvalue weighted by atomic mass is 35.5. The van der Waals surface area contributed by atoms with Crippen LogP contribution in [0.3, 0.4) is 0 Å². The smallest absolute Gasteiger partial charge is 0.251 e. The van der Waals surface area contributed by atoms with Crippen LogP contribution in [0.25, 0.3) is 0 Å². The van der Waals surface area contributed by atoms with E-state index in [1.165, 1.54) is 19.2 Å². The van der Waals surface area contributed by atoms with Crippen molar-refractivity contribution in [3.05, 3.63) is 83.3 Å². The molecule has 3 N–H and O–H groups in total. The van der Waals surface area contributed by atoms with Crippen molar-refractivity contribution in [2.24, 2.45) is 0 Å². The fourth-order valence-electron chi connectivity index (χ4n) is 3.61. The van der Waals surface area contributed by atoms with Crippen molar-refractivity contribution in [1.29, 1.82) is 5.26 Å². The van der Waals surface area contributed by atoms with Crippen molar-refractivity contribution < 1.29 is 14.0 Å². The Bertz CT molecular complexity index is 1360. The van der Waals surface area contributed by atoms with E-state index >= 15 is 0 Å². The van der Waals surface area contributed by atoms with Crippen LogP contribution in [-0.2, 0) is 4.79 Å². The number of nitrogens with one attached hydrogen (secondary N) is 3. The van der Waals surface area contributed by atoms with Crippen molar-refractivity contribution >= 4 is 46.6 Å². The monoisotopic (exact) mass is 549 g/mol. The first-order valence-electron chi connectivity index (χ1n) is 12.3. The van der Waals surface area contributed by atoms with Gasteiger partial charge in [-0.05, 0) is 61.4 Å². The van der Waals surface area contributed by atoms with Crippen molar-refractivity contribution in [2.45, 2.75) is 25.7 Å². The molecule has 2 aromatic carbocycles. The van der Waals surface area contributed by atoms with Gasteiger partial charge in [-0.15, -0.1) is 0 Å². The molecule has 0 fully saturated rings. The normalized spacial score (nSPS) is 10.3. The largest absolute Gasteiger partial charge is 0.354 e. The molecule has 3 rings (SSSR count). The van der Waals surface area contributed by atoms with Crippen LogP contribution in [0.1, 0.15) is 41.6 Å². The van der Waals surface area contributed by atoms with Crippen LogP contribution in [0.5, 0.6) is 0 Å². The van der Waals surface area contributed by atoms with Crippen molar-refractivity contribution in [2.75, 3.05) is 35.7 Å². The third-order valence-corrected chi connectivity index (χ3v) is 6.03. The summed E-state index contributed by atoms with van der Waals surface area (Å²) in [5, 5.41) is 17.8.